The van der Waals surface area contributed by atoms with Gasteiger partial charge in [-0.05, 0) is 30.0 Å². The second kappa shape index (κ2) is 10.8. The molecule has 0 aliphatic carbocycles. The molecule has 7 nitrogen and oxygen atoms in total. The van der Waals surface area contributed by atoms with Gasteiger partial charge in [-0.1, -0.05) is 30.3 Å². The number of rotatable bonds is 10. The highest BCUT2D eigenvalue weighted by Crippen LogP contribution is 2.38. The average Bonchev–Trinajstić information content (AvgIpc) is 3.23. The molecular weight excluding hydrogens is 432 g/mol. The van der Waals surface area contributed by atoms with Crippen LogP contribution in [0.15, 0.2) is 48.5 Å². The van der Waals surface area contributed by atoms with Crippen LogP contribution in [0.1, 0.15) is 28.6 Å². The number of carbonyl (C=O) groups excluding carboxylic acids is 3. The predicted molar refractivity (Wildman–Crippen MR) is 120 cm³/mol. The second-order valence-electron chi connectivity index (χ2n) is 6.87. The maximum absolute atomic E-state index is 13.0. The number of hydrogen-bond acceptors (Lipinski definition) is 8. The third-order valence-corrected chi connectivity index (χ3v) is 5.87. The molecule has 0 N–H and O–H groups in total. The quantitative estimate of drug-likeness (QED) is 0.254. The Bertz CT molecular complexity index is 1100. The Morgan fingerprint density at radius 3 is 2.41 bits per heavy atom. The number of carbonyl (C=O) groups is 3. The molecule has 1 heterocycles. The summed E-state index contributed by atoms with van der Waals surface area (Å²) in [4.78, 5) is 37.4. The molecule has 168 valence electrons. The summed E-state index contributed by atoms with van der Waals surface area (Å²) in [5.74, 6) is -2.08. The third-order valence-electron chi connectivity index (χ3n) is 4.76. The number of benzene rings is 2. The summed E-state index contributed by atoms with van der Waals surface area (Å²) in [5, 5.41) is 0.766. The van der Waals surface area contributed by atoms with Gasteiger partial charge >= 0.3 is 11.9 Å². The lowest BCUT2D eigenvalue weighted by Gasteiger charge is -2.11. The predicted octanol–water partition coefficient (Wildman–Crippen LogP) is 4.41. The number of thiophene rings is 1. The zero-order valence-electron chi connectivity index (χ0n) is 18.1. The van der Waals surface area contributed by atoms with Crippen molar-refractivity contribution in [2.45, 2.75) is 20.0 Å². The fraction of sp³-hybridized carbons (Fsp3) is 0.292. The third kappa shape index (κ3) is 5.45. The minimum absolute atomic E-state index is 0.162. The van der Waals surface area contributed by atoms with Gasteiger partial charge in [0.05, 0.1) is 32.1 Å². The molecule has 0 spiro atoms. The maximum Gasteiger partial charge on any atom is 0.317 e. The van der Waals surface area contributed by atoms with Gasteiger partial charge in [-0.3, -0.25) is 14.4 Å². The first kappa shape index (κ1) is 23.3. The van der Waals surface area contributed by atoms with E-state index in [0.717, 1.165) is 15.6 Å². The lowest BCUT2D eigenvalue weighted by molar-refractivity contribution is -0.151. The lowest BCUT2D eigenvalue weighted by atomic mass is 9.99. The molecule has 1 unspecified atom stereocenters. The molecule has 0 aliphatic rings. The molecule has 1 aromatic heterocycles. The van der Waals surface area contributed by atoms with E-state index < -0.39 is 23.6 Å². The van der Waals surface area contributed by atoms with Gasteiger partial charge in [-0.2, -0.15) is 0 Å². The Kier molecular flexibility index (Phi) is 7.83. The average molecular weight is 457 g/mol. The van der Waals surface area contributed by atoms with Gasteiger partial charge in [0.1, 0.15) is 12.5 Å². The van der Waals surface area contributed by atoms with Crippen LogP contribution in [-0.4, -0.2) is 38.5 Å². The van der Waals surface area contributed by atoms with Gasteiger partial charge in [-0.15, -0.1) is 11.3 Å². The number of hydrogen-bond donors (Lipinski definition) is 0. The minimum Gasteiger partial charge on any atom is -0.493 e. The van der Waals surface area contributed by atoms with Crippen LogP contribution < -0.4 is 9.47 Å². The van der Waals surface area contributed by atoms with Crippen molar-refractivity contribution in [3.8, 4) is 11.5 Å². The molecule has 0 amide bonds. The highest BCUT2D eigenvalue weighted by atomic mass is 32.1. The molecule has 1 atom stereocenters. The summed E-state index contributed by atoms with van der Waals surface area (Å²) in [7, 11) is 2.72. The van der Waals surface area contributed by atoms with Crippen LogP contribution in [0.3, 0.4) is 0 Å². The van der Waals surface area contributed by atoms with E-state index in [1.165, 1.54) is 18.4 Å². The van der Waals surface area contributed by atoms with Gasteiger partial charge < -0.3 is 18.9 Å². The van der Waals surface area contributed by atoms with Crippen LogP contribution in [0.2, 0.25) is 0 Å². The topological polar surface area (TPSA) is 88.1 Å². The Morgan fingerprint density at radius 2 is 1.75 bits per heavy atom. The van der Waals surface area contributed by atoms with Crippen molar-refractivity contribution < 1.29 is 33.3 Å². The number of ketones is 1. The van der Waals surface area contributed by atoms with Crippen molar-refractivity contribution in [3.63, 3.8) is 0 Å². The zero-order chi connectivity index (χ0) is 23.1. The second-order valence-corrected chi connectivity index (χ2v) is 7.96. The molecule has 2 aromatic carbocycles. The van der Waals surface area contributed by atoms with Crippen molar-refractivity contribution >= 4 is 39.1 Å². The van der Waals surface area contributed by atoms with E-state index in [9.17, 15) is 14.4 Å². The molecule has 8 heteroatoms. The smallest absolute Gasteiger partial charge is 0.317 e. The van der Waals surface area contributed by atoms with E-state index in [-0.39, 0.29) is 13.0 Å². The summed E-state index contributed by atoms with van der Waals surface area (Å²) in [6.45, 7) is 2.18. The standard InChI is InChI=1S/C24H24O7S/c1-4-30-22(25)12-17(24(27)29-3)23(26)21-11-16-10-19(18(28-2)13-20(16)32-21)31-14-15-8-6-5-7-9-15/h5-11,13,17H,4,12,14H2,1-3H3. The molecule has 0 bridgehead atoms. The lowest BCUT2D eigenvalue weighted by Crippen LogP contribution is -2.28. The molecule has 0 saturated heterocycles. The summed E-state index contributed by atoms with van der Waals surface area (Å²) in [6.07, 6.45) is -0.373. The molecule has 0 radical (unpaired) electrons. The molecule has 32 heavy (non-hydrogen) atoms. The normalized spacial score (nSPS) is 11.6. The summed E-state index contributed by atoms with van der Waals surface area (Å²) >= 11 is 1.21. The van der Waals surface area contributed by atoms with Crippen molar-refractivity contribution in [2.24, 2.45) is 5.92 Å². The number of fused-ring (bicyclic) bond motifs is 1. The highest BCUT2D eigenvalue weighted by molar-refractivity contribution is 7.20. The van der Waals surface area contributed by atoms with Crippen molar-refractivity contribution in [1.82, 2.24) is 0 Å². The maximum atomic E-state index is 13.0. The molecule has 3 rings (SSSR count). The zero-order valence-corrected chi connectivity index (χ0v) is 18.9. The van der Waals surface area contributed by atoms with Crippen LogP contribution in [0.25, 0.3) is 10.1 Å². The van der Waals surface area contributed by atoms with Crippen LogP contribution in [0.5, 0.6) is 11.5 Å². The summed E-state index contributed by atoms with van der Waals surface area (Å²) in [5.41, 5.74) is 1.01. The van der Waals surface area contributed by atoms with Gasteiger partial charge in [0.15, 0.2) is 17.3 Å². The Morgan fingerprint density at radius 1 is 1.00 bits per heavy atom. The van der Waals surface area contributed by atoms with E-state index in [4.69, 9.17) is 18.9 Å². The highest BCUT2D eigenvalue weighted by Gasteiger charge is 2.32. The van der Waals surface area contributed by atoms with Crippen LogP contribution in [-0.2, 0) is 25.7 Å². The molecular formula is C24H24O7S. The first-order valence-corrected chi connectivity index (χ1v) is 10.8. The Labute approximate surface area is 189 Å². The van der Waals surface area contributed by atoms with Crippen molar-refractivity contribution in [2.75, 3.05) is 20.8 Å². The summed E-state index contributed by atoms with van der Waals surface area (Å²) in [6, 6.07) is 15.0. The minimum atomic E-state index is -1.26. The van der Waals surface area contributed by atoms with E-state index in [1.807, 2.05) is 30.3 Å². The Balaban J connectivity index is 1.87. The van der Waals surface area contributed by atoms with E-state index in [2.05, 4.69) is 0 Å². The number of methoxy groups -OCH3 is 2. The summed E-state index contributed by atoms with van der Waals surface area (Å²) < 4.78 is 21.8. The SMILES string of the molecule is CCOC(=O)CC(C(=O)OC)C(=O)c1cc2cc(OCc3ccccc3)c(OC)cc2s1. The van der Waals surface area contributed by atoms with Crippen LogP contribution in [0, 0.1) is 5.92 Å². The monoisotopic (exact) mass is 456 g/mol. The fourth-order valence-corrected chi connectivity index (χ4v) is 4.23. The van der Waals surface area contributed by atoms with Crippen molar-refractivity contribution in [3.05, 3.63) is 59.0 Å². The van der Waals surface area contributed by atoms with Gasteiger partial charge in [0, 0.05) is 10.8 Å². The Hall–Kier alpha value is -3.39. The fourth-order valence-electron chi connectivity index (χ4n) is 3.16. The van der Waals surface area contributed by atoms with Gasteiger partial charge in [0.25, 0.3) is 0 Å². The molecule has 0 fully saturated rings. The van der Waals surface area contributed by atoms with E-state index in [1.54, 1.807) is 32.2 Å². The van der Waals surface area contributed by atoms with E-state index in [0.29, 0.717) is 23.0 Å². The van der Waals surface area contributed by atoms with Crippen LogP contribution >= 0.6 is 11.3 Å². The van der Waals surface area contributed by atoms with Gasteiger partial charge in [0.2, 0.25) is 0 Å². The van der Waals surface area contributed by atoms with Gasteiger partial charge in [-0.25, -0.2) is 0 Å². The van der Waals surface area contributed by atoms with Crippen LogP contribution in [0.4, 0.5) is 0 Å². The largest absolute Gasteiger partial charge is 0.493 e. The number of ether oxygens (including phenoxy) is 4. The molecule has 0 aliphatic heterocycles. The van der Waals surface area contributed by atoms with E-state index >= 15 is 0 Å². The first-order valence-electron chi connectivity index (χ1n) is 10.0. The molecule has 3 aromatic rings. The molecule has 0 saturated carbocycles. The first-order chi connectivity index (χ1) is 15.5. The van der Waals surface area contributed by atoms with Crippen molar-refractivity contribution in [1.29, 1.82) is 0 Å². The number of esters is 2. The number of Topliss-reactive ketones (excluding diaryl/α,β-unsaturated/α-hetero) is 1.